The predicted molar refractivity (Wildman–Crippen MR) is 81.0 cm³/mol. The van der Waals surface area contributed by atoms with Gasteiger partial charge in [-0.05, 0) is 25.1 Å². The Labute approximate surface area is 126 Å². The zero-order valence-corrected chi connectivity index (χ0v) is 12.4. The SMILES string of the molecule is COCc1nc2nc(C)cc(Nc3cccc(Cl)c3)n2n1. The summed E-state index contributed by atoms with van der Waals surface area (Å²) in [6.07, 6.45) is 0. The first-order valence-corrected chi connectivity index (χ1v) is 6.78. The van der Waals surface area contributed by atoms with E-state index in [0.717, 1.165) is 17.2 Å². The fourth-order valence-electron chi connectivity index (χ4n) is 2.02. The lowest BCUT2D eigenvalue weighted by molar-refractivity contribution is 0.178. The van der Waals surface area contributed by atoms with Crippen molar-refractivity contribution >= 4 is 28.9 Å². The van der Waals surface area contributed by atoms with E-state index in [9.17, 15) is 0 Å². The van der Waals surface area contributed by atoms with E-state index in [-0.39, 0.29) is 0 Å². The number of methoxy groups -OCH3 is 1. The monoisotopic (exact) mass is 303 g/mol. The van der Waals surface area contributed by atoms with E-state index in [4.69, 9.17) is 16.3 Å². The lowest BCUT2D eigenvalue weighted by Gasteiger charge is -2.08. The van der Waals surface area contributed by atoms with E-state index in [1.165, 1.54) is 0 Å². The molecule has 0 aliphatic heterocycles. The van der Waals surface area contributed by atoms with Gasteiger partial charge >= 0.3 is 0 Å². The minimum atomic E-state index is 0.346. The van der Waals surface area contributed by atoms with Crippen molar-refractivity contribution in [1.29, 1.82) is 0 Å². The van der Waals surface area contributed by atoms with Crippen LogP contribution >= 0.6 is 11.6 Å². The van der Waals surface area contributed by atoms with Crippen molar-refractivity contribution in [2.45, 2.75) is 13.5 Å². The molecule has 0 unspecified atom stereocenters. The summed E-state index contributed by atoms with van der Waals surface area (Å²) >= 11 is 6.00. The van der Waals surface area contributed by atoms with Gasteiger partial charge in [0, 0.05) is 29.6 Å². The van der Waals surface area contributed by atoms with Crippen molar-refractivity contribution in [3.05, 3.63) is 46.9 Å². The van der Waals surface area contributed by atoms with Crippen molar-refractivity contribution in [2.24, 2.45) is 0 Å². The average Bonchev–Trinajstić information content (AvgIpc) is 2.81. The second-order valence-corrected chi connectivity index (χ2v) is 5.03. The minimum absolute atomic E-state index is 0.346. The van der Waals surface area contributed by atoms with Crippen molar-refractivity contribution in [3.63, 3.8) is 0 Å². The molecule has 0 aliphatic rings. The van der Waals surface area contributed by atoms with E-state index < -0.39 is 0 Å². The molecule has 0 saturated carbocycles. The molecule has 21 heavy (non-hydrogen) atoms. The average molecular weight is 304 g/mol. The summed E-state index contributed by atoms with van der Waals surface area (Å²) in [6.45, 7) is 2.26. The first-order chi connectivity index (χ1) is 10.2. The van der Waals surface area contributed by atoms with Crippen LogP contribution in [0.3, 0.4) is 0 Å². The first kappa shape index (κ1) is 13.8. The molecule has 0 amide bonds. The van der Waals surface area contributed by atoms with Crippen molar-refractivity contribution in [3.8, 4) is 0 Å². The molecule has 0 radical (unpaired) electrons. The maximum atomic E-state index is 6.00. The molecule has 7 heteroatoms. The Morgan fingerprint density at radius 1 is 1.29 bits per heavy atom. The second-order valence-electron chi connectivity index (χ2n) is 4.59. The van der Waals surface area contributed by atoms with Crippen molar-refractivity contribution in [1.82, 2.24) is 19.6 Å². The van der Waals surface area contributed by atoms with Crippen molar-refractivity contribution < 1.29 is 4.74 Å². The molecule has 0 bridgehead atoms. The van der Waals surface area contributed by atoms with Gasteiger partial charge < -0.3 is 10.1 Å². The molecular formula is C14H14ClN5O. The number of nitrogens with zero attached hydrogens (tertiary/aromatic N) is 4. The first-order valence-electron chi connectivity index (χ1n) is 6.40. The minimum Gasteiger partial charge on any atom is -0.377 e. The second kappa shape index (κ2) is 5.67. The number of aromatic nitrogens is 4. The maximum absolute atomic E-state index is 6.00. The van der Waals surface area contributed by atoms with E-state index >= 15 is 0 Å². The molecule has 1 N–H and O–H groups in total. The number of rotatable bonds is 4. The van der Waals surface area contributed by atoms with E-state index in [1.54, 1.807) is 11.6 Å². The third-order valence-electron chi connectivity index (χ3n) is 2.85. The Kier molecular flexibility index (Phi) is 3.72. The van der Waals surface area contributed by atoms with E-state index in [2.05, 4.69) is 20.4 Å². The number of ether oxygens (including phenoxy) is 1. The summed E-state index contributed by atoms with van der Waals surface area (Å²) in [4.78, 5) is 8.70. The van der Waals surface area contributed by atoms with Gasteiger partial charge in [0.2, 0.25) is 0 Å². The molecule has 108 valence electrons. The Morgan fingerprint density at radius 3 is 2.90 bits per heavy atom. The normalized spacial score (nSPS) is 11.0. The molecule has 1 aromatic carbocycles. The van der Waals surface area contributed by atoms with Gasteiger partial charge in [0.15, 0.2) is 5.82 Å². The summed E-state index contributed by atoms with van der Waals surface area (Å²) < 4.78 is 6.71. The van der Waals surface area contributed by atoms with Crippen LogP contribution in [0.15, 0.2) is 30.3 Å². The van der Waals surface area contributed by atoms with Crippen LogP contribution in [0.25, 0.3) is 5.78 Å². The largest absolute Gasteiger partial charge is 0.377 e. The van der Waals surface area contributed by atoms with Crippen LogP contribution in [0.4, 0.5) is 11.5 Å². The molecule has 2 heterocycles. The lowest BCUT2D eigenvalue weighted by atomic mass is 10.3. The number of halogens is 1. The van der Waals surface area contributed by atoms with Gasteiger partial charge in [-0.1, -0.05) is 17.7 Å². The third kappa shape index (κ3) is 2.96. The summed E-state index contributed by atoms with van der Waals surface area (Å²) in [7, 11) is 1.61. The van der Waals surface area contributed by atoms with E-state index in [1.807, 2.05) is 37.3 Å². The highest BCUT2D eigenvalue weighted by molar-refractivity contribution is 6.30. The third-order valence-corrected chi connectivity index (χ3v) is 3.09. The molecule has 3 aromatic rings. The fourth-order valence-corrected chi connectivity index (χ4v) is 2.21. The molecule has 0 spiro atoms. The Balaban J connectivity index is 2.04. The molecule has 0 aliphatic carbocycles. The maximum Gasteiger partial charge on any atom is 0.254 e. The number of anilines is 2. The highest BCUT2D eigenvalue weighted by Crippen LogP contribution is 2.21. The molecule has 6 nitrogen and oxygen atoms in total. The smallest absolute Gasteiger partial charge is 0.254 e. The van der Waals surface area contributed by atoms with Crippen LogP contribution in [-0.2, 0) is 11.3 Å². The van der Waals surface area contributed by atoms with Gasteiger partial charge in [-0.3, -0.25) is 0 Å². The zero-order valence-electron chi connectivity index (χ0n) is 11.7. The van der Waals surface area contributed by atoms with Gasteiger partial charge in [-0.15, -0.1) is 5.10 Å². The number of aryl methyl sites for hydroxylation is 1. The fraction of sp³-hybridized carbons (Fsp3) is 0.214. The Morgan fingerprint density at radius 2 is 2.14 bits per heavy atom. The number of hydrogen-bond donors (Lipinski definition) is 1. The Hall–Kier alpha value is -2.18. The summed E-state index contributed by atoms with van der Waals surface area (Å²) in [6, 6.07) is 9.38. The molecule has 2 aromatic heterocycles. The highest BCUT2D eigenvalue weighted by Gasteiger charge is 2.10. The van der Waals surface area contributed by atoms with Gasteiger partial charge in [0.05, 0.1) is 0 Å². The topological polar surface area (TPSA) is 64.3 Å². The number of fused-ring (bicyclic) bond motifs is 1. The molecule has 3 rings (SSSR count). The van der Waals surface area contributed by atoms with Crippen molar-refractivity contribution in [2.75, 3.05) is 12.4 Å². The highest BCUT2D eigenvalue weighted by atomic mass is 35.5. The van der Waals surface area contributed by atoms with Crippen LogP contribution in [0, 0.1) is 6.92 Å². The summed E-state index contributed by atoms with van der Waals surface area (Å²) in [5, 5.41) is 8.33. The molecule has 0 saturated heterocycles. The van der Waals surface area contributed by atoms with Crippen LogP contribution in [0.2, 0.25) is 5.02 Å². The van der Waals surface area contributed by atoms with Crippen LogP contribution < -0.4 is 5.32 Å². The quantitative estimate of drug-likeness (QED) is 0.802. The number of nitrogens with one attached hydrogen (secondary N) is 1. The standard InChI is InChI=1S/C14H14ClN5O/c1-9-6-13(17-11-5-3-4-10(15)7-11)20-14(16-9)18-12(19-20)8-21-2/h3-7,17H,8H2,1-2H3. The zero-order chi connectivity index (χ0) is 14.8. The van der Waals surface area contributed by atoms with Gasteiger partial charge in [0.1, 0.15) is 12.4 Å². The van der Waals surface area contributed by atoms with Gasteiger partial charge in [-0.2, -0.15) is 9.50 Å². The molecular weight excluding hydrogens is 290 g/mol. The molecule has 0 fully saturated rings. The van der Waals surface area contributed by atoms with Crippen LogP contribution in [0.1, 0.15) is 11.5 Å². The number of benzene rings is 1. The predicted octanol–water partition coefficient (Wildman–Crippen LogP) is 2.98. The number of hydrogen-bond acceptors (Lipinski definition) is 5. The van der Waals surface area contributed by atoms with E-state index in [0.29, 0.717) is 23.2 Å². The lowest BCUT2D eigenvalue weighted by Crippen LogP contribution is -2.02. The van der Waals surface area contributed by atoms with Crippen LogP contribution in [-0.4, -0.2) is 26.7 Å². The molecule has 0 atom stereocenters. The van der Waals surface area contributed by atoms with Crippen LogP contribution in [0.5, 0.6) is 0 Å². The summed E-state index contributed by atoms with van der Waals surface area (Å²) in [5.74, 6) is 1.89. The van der Waals surface area contributed by atoms with Gasteiger partial charge in [0.25, 0.3) is 5.78 Å². The Bertz CT molecular complexity index is 786. The summed E-state index contributed by atoms with van der Waals surface area (Å²) in [5.41, 5.74) is 1.72. The van der Waals surface area contributed by atoms with Gasteiger partial charge in [-0.25, -0.2) is 4.98 Å².